The minimum Gasteiger partial charge on any atom is -0.359 e. The van der Waals surface area contributed by atoms with Gasteiger partial charge in [-0.3, -0.25) is 5.10 Å². The molecule has 0 radical (unpaired) electrons. The highest BCUT2D eigenvalue weighted by atomic mass is 16.5. The van der Waals surface area contributed by atoms with Crippen molar-refractivity contribution in [2.75, 3.05) is 35.2 Å². The molecule has 10 nitrogen and oxygen atoms in total. The molecule has 4 heterocycles. The lowest BCUT2D eigenvalue weighted by Crippen LogP contribution is -2.57. The Morgan fingerprint density at radius 3 is 2.75 bits per heavy atom. The van der Waals surface area contributed by atoms with Crippen LogP contribution in [0.25, 0.3) is 11.3 Å². The second kappa shape index (κ2) is 9.27. The molecule has 0 atom stereocenters. The third kappa shape index (κ3) is 5.18. The van der Waals surface area contributed by atoms with Crippen LogP contribution in [0.15, 0.2) is 53.1 Å². The topological polar surface area (TPSA) is 120 Å². The van der Waals surface area contributed by atoms with E-state index in [2.05, 4.69) is 56.1 Å². The van der Waals surface area contributed by atoms with Crippen molar-refractivity contribution >= 4 is 23.4 Å². The molecular weight excluding hydrogens is 454 g/mol. The van der Waals surface area contributed by atoms with E-state index < -0.39 is 0 Å². The molecule has 4 N–H and O–H groups in total. The summed E-state index contributed by atoms with van der Waals surface area (Å²) < 4.78 is 5.56. The molecule has 4 aromatic rings. The minimum atomic E-state index is -0.000575. The van der Waals surface area contributed by atoms with E-state index in [0.717, 1.165) is 42.5 Å². The molecule has 1 aliphatic heterocycles. The van der Waals surface area contributed by atoms with Gasteiger partial charge in [0.1, 0.15) is 17.3 Å². The third-order valence-electron chi connectivity index (χ3n) is 6.53. The Balaban J connectivity index is 1.22. The molecule has 0 bridgehead atoms. The monoisotopic (exact) mass is 485 g/mol. The molecular formula is C26H31N9O. The van der Waals surface area contributed by atoms with Crippen LogP contribution in [-0.2, 0) is 6.54 Å². The van der Waals surface area contributed by atoms with Gasteiger partial charge in [-0.1, -0.05) is 35.5 Å². The first-order valence-corrected chi connectivity index (χ1v) is 12.5. The highest BCUT2D eigenvalue weighted by Gasteiger charge is 2.28. The van der Waals surface area contributed by atoms with Gasteiger partial charge in [0.2, 0.25) is 5.95 Å². The lowest BCUT2D eigenvalue weighted by atomic mass is 10.0. The fourth-order valence-electron chi connectivity index (χ4n) is 4.52. The summed E-state index contributed by atoms with van der Waals surface area (Å²) in [5.41, 5.74) is 2.99. The summed E-state index contributed by atoms with van der Waals surface area (Å²) in [5.74, 6) is 4.15. The summed E-state index contributed by atoms with van der Waals surface area (Å²) in [6.45, 7) is 7.44. The van der Waals surface area contributed by atoms with E-state index in [1.807, 2.05) is 42.5 Å². The van der Waals surface area contributed by atoms with E-state index in [1.165, 1.54) is 18.5 Å². The van der Waals surface area contributed by atoms with Gasteiger partial charge in [0, 0.05) is 60.5 Å². The summed E-state index contributed by atoms with van der Waals surface area (Å²) in [5, 5.41) is 22.0. The van der Waals surface area contributed by atoms with Crippen molar-refractivity contribution in [3.8, 4) is 11.3 Å². The average Bonchev–Trinajstić information content (AvgIpc) is 3.43. The van der Waals surface area contributed by atoms with Gasteiger partial charge in [-0.15, -0.1) is 0 Å². The normalized spacial score (nSPS) is 17.2. The summed E-state index contributed by atoms with van der Waals surface area (Å²) in [6, 6.07) is 16.0. The molecule has 186 valence electrons. The maximum Gasteiger partial charge on any atom is 0.227 e. The Labute approximate surface area is 209 Å². The SMILES string of the molecule is CC1(C)CN(c2cc(Nc3cc(C4CC4)[nH]n3)nc(NCc3cc(-c4ccccc4)no3)n2)CCN1. The van der Waals surface area contributed by atoms with Gasteiger partial charge in [0.15, 0.2) is 11.6 Å². The number of anilines is 4. The van der Waals surface area contributed by atoms with E-state index in [0.29, 0.717) is 30.0 Å². The Morgan fingerprint density at radius 1 is 1.08 bits per heavy atom. The minimum absolute atomic E-state index is 0.000575. The molecule has 1 aromatic carbocycles. The molecule has 2 aliphatic rings. The van der Waals surface area contributed by atoms with Crippen molar-refractivity contribution in [2.45, 2.75) is 44.7 Å². The van der Waals surface area contributed by atoms with Crippen LogP contribution in [0, 0.1) is 0 Å². The van der Waals surface area contributed by atoms with E-state index in [4.69, 9.17) is 14.5 Å². The quantitative estimate of drug-likeness (QED) is 0.290. The number of nitrogens with one attached hydrogen (secondary N) is 4. The van der Waals surface area contributed by atoms with Crippen molar-refractivity contribution < 1.29 is 4.52 Å². The Kier molecular flexibility index (Phi) is 5.80. The fraction of sp³-hybridized carbons (Fsp3) is 0.385. The summed E-state index contributed by atoms with van der Waals surface area (Å²) in [6.07, 6.45) is 2.44. The van der Waals surface area contributed by atoms with Crippen LogP contribution < -0.4 is 20.9 Å². The zero-order chi connectivity index (χ0) is 24.5. The van der Waals surface area contributed by atoms with E-state index in [1.54, 1.807) is 0 Å². The first kappa shape index (κ1) is 22.5. The number of nitrogens with zero attached hydrogens (tertiary/aromatic N) is 5. The second-order valence-electron chi connectivity index (χ2n) is 10.2. The number of rotatable bonds is 8. The molecule has 3 aromatic heterocycles. The predicted molar refractivity (Wildman–Crippen MR) is 139 cm³/mol. The van der Waals surface area contributed by atoms with Gasteiger partial charge in [0.05, 0.1) is 6.54 Å². The fourth-order valence-corrected chi connectivity index (χ4v) is 4.52. The number of hydrogen-bond donors (Lipinski definition) is 4. The predicted octanol–water partition coefficient (Wildman–Crippen LogP) is 4.28. The molecule has 1 saturated carbocycles. The molecule has 1 saturated heterocycles. The van der Waals surface area contributed by atoms with Crippen LogP contribution in [0.4, 0.5) is 23.4 Å². The summed E-state index contributed by atoms with van der Waals surface area (Å²) >= 11 is 0. The van der Waals surface area contributed by atoms with Crippen molar-refractivity contribution in [3.05, 3.63) is 60.0 Å². The number of aromatic amines is 1. The highest BCUT2D eigenvalue weighted by Crippen LogP contribution is 2.39. The molecule has 2 fully saturated rings. The summed E-state index contributed by atoms with van der Waals surface area (Å²) in [7, 11) is 0. The van der Waals surface area contributed by atoms with Crippen molar-refractivity contribution in [2.24, 2.45) is 0 Å². The van der Waals surface area contributed by atoms with Crippen LogP contribution in [-0.4, -0.2) is 50.5 Å². The number of benzene rings is 1. The van der Waals surface area contributed by atoms with Gasteiger partial charge in [-0.2, -0.15) is 15.1 Å². The van der Waals surface area contributed by atoms with Crippen LogP contribution in [0.5, 0.6) is 0 Å². The lowest BCUT2D eigenvalue weighted by Gasteiger charge is -2.39. The first-order chi connectivity index (χ1) is 17.5. The van der Waals surface area contributed by atoms with Gasteiger partial charge in [-0.05, 0) is 26.7 Å². The summed E-state index contributed by atoms with van der Waals surface area (Å²) in [4.78, 5) is 11.8. The number of hydrogen-bond acceptors (Lipinski definition) is 9. The van der Waals surface area contributed by atoms with Crippen molar-refractivity contribution in [1.29, 1.82) is 0 Å². The van der Waals surface area contributed by atoms with E-state index >= 15 is 0 Å². The molecule has 0 spiro atoms. The number of aromatic nitrogens is 5. The molecule has 0 unspecified atom stereocenters. The standard InChI is InChI=1S/C26H31N9O/c1-26(2)16-35(11-10-28-26)24-14-22(29-23-13-20(32-33-23)18-8-9-18)30-25(31-24)27-15-19-12-21(34-36-19)17-6-4-3-5-7-17/h3-7,12-14,18,28H,8-11,15-16H2,1-2H3,(H3,27,29,30,31,32,33). The van der Waals surface area contributed by atoms with Crippen molar-refractivity contribution in [3.63, 3.8) is 0 Å². The zero-order valence-corrected chi connectivity index (χ0v) is 20.6. The molecule has 10 heteroatoms. The third-order valence-corrected chi connectivity index (χ3v) is 6.53. The number of piperazine rings is 1. The van der Waals surface area contributed by atoms with E-state index in [9.17, 15) is 0 Å². The zero-order valence-electron chi connectivity index (χ0n) is 20.6. The van der Waals surface area contributed by atoms with E-state index in [-0.39, 0.29) is 5.54 Å². The smallest absolute Gasteiger partial charge is 0.227 e. The number of H-pyrrole nitrogens is 1. The van der Waals surface area contributed by atoms with Crippen LogP contribution >= 0.6 is 0 Å². The maximum absolute atomic E-state index is 5.56. The van der Waals surface area contributed by atoms with Crippen LogP contribution in [0.3, 0.4) is 0 Å². The molecule has 6 rings (SSSR count). The Bertz CT molecular complexity index is 1330. The van der Waals surface area contributed by atoms with Gasteiger partial charge in [-0.25, -0.2) is 0 Å². The van der Waals surface area contributed by atoms with Gasteiger partial charge >= 0.3 is 0 Å². The second-order valence-corrected chi connectivity index (χ2v) is 10.2. The van der Waals surface area contributed by atoms with Crippen LogP contribution in [0.1, 0.15) is 44.1 Å². The molecule has 1 aliphatic carbocycles. The lowest BCUT2D eigenvalue weighted by molar-refractivity contribution is 0.352. The average molecular weight is 486 g/mol. The van der Waals surface area contributed by atoms with Crippen LogP contribution in [0.2, 0.25) is 0 Å². The Morgan fingerprint density at radius 2 is 1.94 bits per heavy atom. The van der Waals surface area contributed by atoms with Gasteiger partial charge < -0.3 is 25.4 Å². The largest absolute Gasteiger partial charge is 0.359 e. The maximum atomic E-state index is 5.56. The highest BCUT2D eigenvalue weighted by molar-refractivity contribution is 5.61. The van der Waals surface area contributed by atoms with Crippen molar-refractivity contribution in [1.82, 2.24) is 30.6 Å². The molecule has 0 amide bonds. The Hall–Kier alpha value is -3.92. The first-order valence-electron chi connectivity index (χ1n) is 12.5. The molecule has 36 heavy (non-hydrogen) atoms. The van der Waals surface area contributed by atoms with Gasteiger partial charge in [0.25, 0.3) is 0 Å².